The van der Waals surface area contributed by atoms with Gasteiger partial charge in [0.15, 0.2) is 0 Å². The van der Waals surface area contributed by atoms with E-state index in [9.17, 15) is 9.18 Å². The monoisotopic (exact) mass is 289 g/mol. The van der Waals surface area contributed by atoms with Crippen LogP contribution in [-0.4, -0.2) is 34.1 Å². The van der Waals surface area contributed by atoms with Gasteiger partial charge in [0.25, 0.3) is 0 Å². The average molecular weight is 289 g/mol. The van der Waals surface area contributed by atoms with Gasteiger partial charge in [-0.2, -0.15) is 0 Å². The van der Waals surface area contributed by atoms with Gasteiger partial charge in [0, 0.05) is 25.6 Å². The molecule has 1 fully saturated rings. The summed E-state index contributed by atoms with van der Waals surface area (Å²) in [6.07, 6.45) is 1.85. The average Bonchev–Trinajstić information content (AvgIpc) is 2.98. The zero-order valence-corrected chi connectivity index (χ0v) is 11.8. The molecule has 2 aromatic rings. The van der Waals surface area contributed by atoms with E-state index in [2.05, 4.69) is 10.2 Å². The van der Waals surface area contributed by atoms with Crippen molar-refractivity contribution in [3.05, 3.63) is 36.0 Å². The molecule has 1 saturated heterocycles. The van der Waals surface area contributed by atoms with E-state index in [1.54, 1.807) is 24.0 Å². The number of piperidine rings is 1. The maximum atomic E-state index is 12.9. The lowest BCUT2D eigenvalue weighted by Gasteiger charge is -2.30. The van der Waals surface area contributed by atoms with Crippen molar-refractivity contribution < 1.29 is 13.6 Å². The van der Waals surface area contributed by atoms with Gasteiger partial charge < -0.3 is 9.32 Å². The topological polar surface area (TPSA) is 59.2 Å². The number of carbonyl (C=O) groups is 1. The predicted octanol–water partition coefficient (Wildman–Crippen LogP) is 2.60. The summed E-state index contributed by atoms with van der Waals surface area (Å²) in [7, 11) is 0. The number of aromatic nitrogens is 2. The number of halogens is 1. The summed E-state index contributed by atoms with van der Waals surface area (Å²) in [4.78, 5) is 13.3. The van der Waals surface area contributed by atoms with Crippen LogP contribution in [-0.2, 0) is 4.79 Å². The van der Waals surface area contributed by atoms with Crippen molar-refractivity contribution in [1.29, 1.82) is 0 Å². The highest BCUT2D eigenvalue weighted by molar-refractivity contribution is 5.73. The summed E-state index contributed by atoms with van der Waals surface area (Å²) in [5, 5.41) is 8.10. The van der Waals surface area contributed by atoms with E-state index in [4.69, 9.17) is 4.42 Å². The van der Waals surface area contributed by atoms with Crippen molar-refractivity contribution in [2.75, 3.05) is 13.1 Å². The highest BCUT2D eigenvalue weighted by atomic mass is 19.1. The lowest BCUT2D eigenvalue weighted by molar-refractivity contribution is -0.130. The van der Waals surface area contributed by atoms with Crippen LogP contribution in [0.2, 0.25) is 0 Å². The summed E-state index contributed by atoms with van der Waals surface area (Å²) in [6, 6.07) is 5.93. The van der Waals surface area contributed by atoms with E-state index in [1.165, 1.54) is 12.1 Å². The third kappa shape index (κ3) is 2.94. The molecule has 0 radical (unpaired) electrons. The van der Waals surface area contributed by atoms with Gasteiger partial charge in [-0.05, 0) is 37.1 Å². The molecule has 1 aromatic heterocycles. The normalized spacial score (nSPS) is 18.8. The molecule has 2 heterocycles. The number of benzene rings is 1. The zero-order valence-electron chi connectivity index (χ0n) is 11.8. The smallest absolute Gasteiger partial charge is 0.247 e. The fourth-order valence-electron chi connectivity index (χ4n) is 2.57. The van der Waals surface area contributed by atoms with E-state index in [1.807, 2.05) is 0 Å². The van der Waals surface area contributed by atoms with Gasteiger partial charge in [0.05, 0.1) is 5.92 Å². The Labute approximate surface area is 121 Å². The van der Waals surface area contributed by atoms with Crippen molar-refractivity contribution in [3.63, 3.8) is 0 Å². The number of hydrogen-bond donors (Lipinski definition) is 0. The minimum atomic E-state index is -0.303. The quantitative estimate of drug-likeness (QED) is 0.852. The summed E-state index contributed by atoms with van der Waals surface area (Å²) in [5.74, 6) is 0.760. The van der Waals surface area contributed by atoms with Crippen LogP contribution < -0.4 is 0 Å². The maximum Gasteiger partial charge on any atom is 0.247 e. The van der Waals surface area contributed by atoms with Gasteiger partial charge in [0.1, 0.15) is 5.82 Å². The van der Waals surface area contributed by atoms with E-state index >= 15 is 0 Å². The Hall–Kier alpha value is -2.24. The molecule has 3 rings (SSSR count). The molecule has 21 heavy (non-hydrogen) atoms. The molecule has 0 unspecified atom stereocenters. The molecule has 1 aliphatic rings. The molecule has 0 N–H and O–H groups in total. The van der Waals surface area contributed by atoms with Crippen LogP contribution in [0.1, 0.15) is 31.6 Å². The lowest BCUT2D eigenvalue weighted by Crippen LogP contribution is -2.37. The van der Waals surface area contributed by atoms with Crippen LogP contribution in [0.3, 0.4) is 0 Å². The molecule has 0 saturated carbocycles. The van der Waals surface area contributed by atoms with E-state index in [-0.39, 0.29) is 17.6 Å². The Morgan fingerprint density at radius 3 is 2.81 bits per heavy atom. The molecule has 1 aromatic carbocycles. The van der Waals surface area contributed by atoms with Gasteiger partial charge in [-0.3, -0.25) is 4.79 Å². The number of hydrogen-bond acceptors (Lipinski definition) is 4. The molecule has 110 valence electrons. The van der Waals surface area contributed by atoms with Gasteiger partial charge in [-0.1, -0.05) is 0 Å². The highest BCUT2D eigenvalue weighted by Gasteiger charge is 2.27. The molecule has 1 aliphatic heterocycles. The highest BCUT2D eigenvalue weighted by Crippen LogP contribution is 2.28. The first-order valence-electron chi connectivity index (χ1n) is 6.98. The molecule has 6 heteroatoms. The molecule has 0 aliphatic carbocycles. The van der Waals surface area contributed by atoms with Gasteiger partial charge >= 0.3 is 0 Å². The molecular formula is C15H16FN3O2. The van der Waals surface area contributed by atoms with Gasteiger partial charge in [0.2, 0.25) is 17.7 Å². The van der Waals surface area contributed by atoms with Crippen LogP contribution in [0.4, 0.5) is 4.39 Å². The molecule has 0 bridgehead atoms. The second-order valence-electron chi connectivity index (χ2n) is 5.26. The van der Waals surface area contributed by atoms with Crippen LogP contribution in [0, 0.1) is 5.82 Å². The van der Waals surface area contributed by atoms with Crippen molar-refractivity contribution in [3.8, 4) is 11.5 Å². The number of nitrogens with zero attached hydrogens (tertiary/aromatic N) is 3. The Bertz CT molecular complexity index is 639. The summed E-state index contributed by atoms with van der Waals surface area (Å²) < 4.78 is 18.6. The largest absolute Gasteiger partial charge is 0.420 e. The summed E-state index contributed by atoms with van der Waals surface area (Å²) in [5.41, 5.74) is 0.689. The Balaban J connectivity index is 1.78. The van der Waals surface area contributed by atoms with Crippen molar-refractivity contribution >= 4 is 5.91 Å². The molecular weight excluding hydrogens is 273 g/mol. The van der Waals surface area contributed by atoms with Crippen molar-refractivity contribution in [2.24, 2.45) is 0 Å². The van der Waals surface area contributed by atoms with E-state index < -0.39 is 0 Å². The standard InChI is InChI=1S/C15H16FN3O2/c1-10(20)19-8-2-3-12(9-19)15-18-17-14(21-15)11-4-6-13(16)7-5-11/h4-7,12H,2-3,8-9H2,1H3/t12-/m0/s1. The molecule has 0 spiro atoms. The second kappa shape index (κ2) is 5.63. The third-order valence-electron chi connectivity index (χ3n) is 3.75. The number of amides is 1. The first kappa shape index (κ1) is 13.7. The van der Waals surface area contributed by atoms with Crippen molar-refractivity contribution in [1.82, 2.24) is 15.1 Å². The Kier molecular flexibility index (Phi) is 3.68. The first-order valence-corrected chi connectivity index (χ1v) is 6.98. The lowest BCUT2D eigenvalue weighted by atomic mass is 9.98. The molecule has 1 amide bonds. The summed E-state index contributed by atoms with van der Waals surface area (Å²) in [6.45, 7) is 2.96. The van der Waals surface area contributed by atoms with Crippen LogP contribution >= 0.6 is 0 Å². The zero-order chi connectivity index (χ0) is 14.8. The van der Waals surface area contributed by atoms with Gasteiger partial charge in [-0.25, -0.2) is 4.39 Å². The maximum absolute atomic E-state index is 12.9. The Morgan fingerprint density at radius 1 is 1.33 bits per heavy atom. The van der Waals surface area contributed by atoms with Gasteiger partial charge in [-0.15, -0.1) is 10.2 Å². The predicted molar refractivity (Wildman–Crippen MR) is 73.9 cm³/mol. The minimum Gasteiger partial charge on any atom is -0.420 e. The van der Waals surface area contributed by atoms with Crippen LogP contribution in [0.5, 0.6) is 0 Å². The fraction of sp³-hybridized carbons (Fsp3) is 0.400. The number of likely N-dealkylation sites (tertiary alicyclic amines) is 1. The van der Waals surface area contributed by atoms with Crippen LogP contribution in [0.15, 0.2) is 28.7 Å². The fourth-order valence-corrected chi connectivity index (χ4v) is 2.57. The molecule has 5 nitrogen and oxygen atoms in total. The SMILES string of the molecule is CC(=O)N1CCC[C@H](c2nnc(-c3ccc(F)cc3)o2)C1. The van der Waals surface area contributed by atoms with E-state index in [0.29, 0.717) is 23.9 Å². The Morgan fingerprint density at radius 2 is 2.10 bits per heavy atom. The number of rotatable bonds is 2. The van der Waals surface area contributed by atoms with Crippen LogP contribution in [0.25, 0.3) is 11.5 Å². The van der Waals surface area contributed by atoms with E-state index in [0.717, 1.165) is 19.4 Å². The molecule has 1 atom stereocenters. The van der Waals surface area contributed by atoms with Crippen molar-refractivity contribution in [2.45, 2.75) is 25.7 Å². The summed E-state index contributed by atoms with van der Waals surface area (Å²) >= 11 is 0. The minimum absolute atomic E-state index is 0.0676. The third-order valence-corrected chi connectivity index (χ3v) is 3.75. The number of carbonyl (C=O) groups excluding carboxylic acids is 1. The first-order chi connectivity index (χ1) is 10.1. The second-order valence-corrected chi connectivity index (χ2v) is 5.26.